The summed E-state index contributed by atoms with van der Waals surface area (Å²) in [5.41, 5.74) is 6.94. The zero-order valence-corrected chi connectivity index (χ0v) is 17.9. The number of benzene rings is 4. The lowest BCUT2D eigenvalue weighted by Crippen LogP contribution is -2.09. The first-order valence-corrected chi connectivity index (χ1v) is 10.3. The Bertz CT molecular complexity index is 1100. The molecule has 0 bridgehead atoms. The van der Waals surface area contributed by atoms with Crippen LogP contribution in [-0.2, 0) is 6.61 Å². The summed E-state index contributed by atoms with van der Waals surface area (Å²) in [6.45, 7) is 0.490. The summed E-state index contributed by atoms with van der Waals surface area (Å²) in [7, 11) is 4.09. The van der Waals surface area contributed by atoms with Gasteiger partial charge in [0, 0.05) is 24.8 Å². The number of nitrogens with zero attached hydrogens (tertiary/aromatic N) is 1. The van der Waals surface area contributed by atoms with E-state index in [2.05, 4.69) is 59.5 Å². The lowest BCUT2D eigenvalue weighted by atomic mass is 9.99. The van der Waals surface area contributed by atoms with Crippen LogP contribution in [0.25, 0.3) is 22.3 Å². The fraction of sp³-hybridized carbons (Fsp3) is 0.111. The van der Waals surface area contributed by atoms with Crippen molar-refractivity contribution in [2.45, 2.75) is 6.61 Å². The molecule has 0 aliphatic rings. The van der Waals surface area contributed by atoms with Crippen molar-refractivity contribution in [1.29, 1.82) is 0 Å². The second-order valence-electron chi connectivity index (χ2n) is 7.42. The van der Waals surface area contributed by atoms with Gasteiger partial charge in [0.1, 0.15) is 12.4 Å². The number of rotatable bonds is 6. The van der Waals surface area contributed by atoms with Crippen molar-refractivity contribution in [3.05, 3.63) is 108 Å². The van der Waals surface area contributed by atoms with E-state index in [0.29, 0.717) is 6.61 Å². The number of ether oxygens (including phenoxy) is 1. The molecule has 4 rings (SSSR count). The van der Waals surface area contributed by atoms with Crippen LogP contribution in [0.2, 0.25) is 5.02 Å². The molecule has 0 saturated heterocycles. The minimum atomic E-state index is 0.490. The van der Waals surface area contributed by atoms with Gasteiger partial charge in [0.15, 0.2) is 0 Å². The van der Waals surface area contributed by atoms with Gasteiger partial charge in [-0.05, 0) is 64.2 Å². The first kappa shape index (κ1) is 20.1. The Morgan fingerprint density at radius 2 is 1.33 bits per heavy atom. The van der Waals surface area contributed by atoms with Gasteiger partial charge in [-0.2, -0.15) is 0 Å². The predicted molar refractivity (Wildman–Crippen MR) is 127 cm³/mol. The standard InChI is InChI=1S/C27H24ClNO/c1-29(2)25-14-17-27(22-8-12-24(28)13-9-22)23(18-25)19-30-26-15-10-21(11-16-26)20-6-4-3-5-7-20/h3-18H,19H2,1-2H3. The van der Waals surface area contributed by atoms with Crippen molar-refractivity contribution in [3.63, 3.8) is 0 Å². The third-order valence-electron chi connectivity index (χ3n) is 5.12. The van der Waals surface area contributed by atoms with E-state index >= 15 is 0 Å². The fourth-order valence-corrected chi connectivity index (χ4v) is 3.55. The number of hydrogen-bond acceptors (Lipinski definition) is 2. The van der Waals surface area contributed by atoms with Crippen LogP contribution >= 0.6 is 11.6 Å². The lowest BCUT2D eigenvalue weighted by Gasteiger charge is -2.18. The third kappa shape index (κ3) is 4.67. The highest BCUT2D eigenvalue weighted by Crippen LogP contribution is 2.30. The van der Waals surface area contributed by atoms with Crippen molar-refractivity contribution in [2.24, 2.45) is 0 Å². The molecular weight excluding hydrogens is 390 g/mol. The van der Waals surface area contributed by atoms with Crippen molar-refractivity contribution in [1.82, 2.24) is 0 Å². The average Bonchev–Trinajstić information content (AvgIpc) is 2.79. The van der Waals surface area contributed by atoms with Gasteiger partial charge in [-0.3, -0.25) is 0 Å². The second-order valence-corrected chi connectivity index (χ2v) is 7.86. The third-order valence-corrected chi connectivity index (χ3v) is 5.37. The molecular formula is C27H24ClNO. The van der Waals surface area contributed by atoms with Crippen LogP contribution in [0.15, 0.2) is 97.1 Å². The van der Waals surface area contributed by atoms with E-state index < -0.39 is 0 Å². The van der Waals surface area contributed by atoms with Gasteiger partial charge in [-0.15, -0.1) is 0 Å². The summed E-state index contributed by atoms with van der Waals surface area (Å²) in [6, 6.07) is 33.0. The van der Waals surface area contributed by atoms with Gasteiger partial charge in [0.25, 0.3) is 0 Å². The van der Waals surface area contributed by atoms with Gasteiger partial charge in [0.05, 0.1) is 0 Å². The van der Waals surface area contributed by atoms with Crippen LogP contribution in [0.1, 0.15) is 5.56 Å². The highest BCUT2D eigenvalue weighted by Gasteiger charge is 2.09. The predicted octanol–water partition coefficient (Wildman–Crippen LogP) is 7.32. The van der Waals surface area contributed by atoms with E-state index in [-0.39, 0.29) is 0 Å². The molecule has 30 heavy (non-hydrogen) atoms. The van der Waals surface area contributed by atoms with Gasteiger partial charge < -0.3 is 9.64 Å². The summed E-state index contributed by atoms with van der Waals surface area (Å²) in [5.74, 6) is 0.854. The molecule has 3 heteroatoms. The van der Waals surface area contributed by atoms with E-state index in [1.165, 1.54) is 11.1 Å². The maximum atomic E-state index is 6.16. The maximum absolute atomic E-state index is 6.16. The maximum Gasteiger partial charge on any atom is 0.119 e. The zero-order valence-electron chi connectivity index (χ0n) is 17.2. The lowest BCUT2D eigenvalue weighted by molar-refractivity contribution is 0.307. The Kier molecular flexibility index (Phi) is 6.06. The largest absolute Gasteiger partial charge is 0.489 e. The average molecular weight is 414 g/mol. The fourth-order valence-electron chi connectivity index (χ4n) is 3.42. The normalized spacial score (nSPS) is 10.6. The summed E-state index contributed by atoms with van der Waals surface area (Å²) < 4.78 is 6.16. The van der Waals surface area contributed by atoms with Crippen LogP contribution in [0, 0.1) is 0 Å². The van der Waals surface area contributed by atoms with Crippen molar-refractivity contribution in [3.8, 4) is 28.0 Å². The summed E-state index contributed by atoms with van der Waals surface area (Å²) in [4.78, 5) is 2.10. The van der Waals surface area contributed by atoms with Crippen LogP contribution in [-0.4, -0.2) is 14.1 Å². The van der Waals surface area contributed by atoms with Crippen LogP contribution in [0.3, 0.4) is 0 Å². The van der Waals surface area contributed by atoms with Crippen molar-refractivity contribution >= 4 is 17.3 Å². The van der Waals surface area contributed by atoms with Crippen LogP contribution in [0.5, 0.6) is 5.75 Å². The highest BCUT2D eigenvalue weighted by molar-refractivity contribution is 6.30. The molecule has 0 N–H and O–H groups in total. The second kappa shape index (κ2) is 9.06. The van der Waals surface area contributed by atoms with E-state index in [4.69, 9.17) is 16.3 Å². The summed E-state index contributed by atoms with van der Waals surface area (Å²) in [5, 5.41) is 0.736. The Morgan fingerprint density at radius 3 is 2.00 bits per heavy atom. The van der Waals surface area contributed by atoms with Gasteiger partial charge >= 0.3 is 0 Å². The molecule has 0 unspecified atom stereocenters. The topological polar surface area (TPSA) is 12.5 Å². The quantitative estimate of drug-likeness (QED) is 0.328. The Labute approximate surface area is 183 Å². The first-order valence-electron chi connectivity index (χ1n) is 9.94. The van der Waals surface area contributed by atoms with Gasteiger partial charge in [-0.1, -0.05) is 72.3 Å². The smallest absolute Gasteiger partial charge is 0.119 e. The van der Waals surface area contributed by atoms with Gasteiger partial charge in [0.2, 0.25) is 0 Å². The molecule has 0 fully saturated rings. The Hall–Kier alpha value is -3.23. The molecule has 2 nitrogen and oxygen atoms in total. The van der Waals surface area contributed by atoms with E-state index in [0.717, 1.165) is 33.1 Å². The monoisotopic (exact) mass is 413 g/mol. The molecule has 4 aromatic carbocycles. The molecule has 0 saturated carbocycles. The van der Waals surface area contributed by atoms with Crippen molar-refractivity contribution in [2.75, 3.05) is 19.0 Å². The molecule has 150 valence electrons. The molecule has 0 aliphatic carbocycles. The number of halogens is 1. The molecule has 0 spiro atoms. The highest BCUT2D eigenvalue weighted by atomic mass is 35.5. The number of anilines is 1. The van der Waals surface area contributed by atoms with E-state index in [1.54, 1.807) is 0 Å². The zero-order chi connectivity index (χ0) is 20.9. The van der Waals surface area contributed by atoms with Crippen molar-refractivity contribution < 1.29 is 4.74 Å². The molecule has 4 aromatic rings. The molecule has 0 aromatic heterocycles. The Morgan fingerprint density at radius 1 is 0.700 bits per heavy atom. The minimum Gasteiger partial charge on any atom is -0.489 e. The minimum absolute atomic E-state index is 0.490. The molecule has 0 amide bonds. The van der Waals surface area contributed by atoms with E-state index in [9.17, 15) is 0 Å². The van der Waals surface area contributed by atoms with Gasteiger partial charge in [-0.25, -0.2) is 0 Å². The van der Waals surface area contributed by atoms with E-state index in [1.807, 2.05) is 56.6 Å². The molecule has 0 atom stereocenters. The molecule has 0 radical (unpaired) electrons. The first-order chi connectivity index (χ1) is 14.6. The van der Waals surface area contributed by atoms with Crippen LogP contribution in [0.4, 0.5) is 5.69 Å². The Balaban J connectivity index is 1.57. The number of hydrogen-bond donors (Lipinski definition) is 0. The van der Waals surface area contributed by atoms with Crippen LogP contribution < -0.4 is 9.64 Å². The molecule has 0 heterocycles. The molecule has 0 aliphatic heterocycles. The summed E-state index contributed by atoms with van der Waals surface area (Å²) >= 11 is 6.07. The SMILES string of the molecule is CN(C)c1ccc(-c2ccc(Cl)cc2)c(COc2ccc(-c3ccccc3)cc2)c1. The summed E-state index contributed by atoms with van der Waals surface area (Å²) in [6.07, 6.45) is 0.